The van der Waals surface area contributed by atoms with E-state index in [0.29, 0.717) is 5.69 Å². The third kappa shape index (κ3) is 3.58. The lowest BCUT2D eigenvalue weighted by Crippen LogP contribution is -2.41. The molecular formula is C20H16N2O6. The second-order valence-corrected chi connectivity index (χ2v) is 6.31. The Kier molecular flexibility index (Phi) is 4.54. The molecule has 2 aliphatic rings. The van der Waals surface area contributed by atoms with E-state index in [9.17, 15) is 19.5 Å². The number of ether oxygens (including phenoxy) is 2. The van der Waals surface area contributed by atoms with E-state index < -0.39 is 30.3 Å². The van der Waals surface area contributed by atoms with E-state index in [2.05, 4.69) is 10.6 Å². The minimum atomic E-state index is -0.957. The van der Waals surface area contributed by atoms with Gasteiger partial charge >= 0.3 is 6.09 Å². The largest absolute Gasteiger partial charge is 0.507 e. The maximum atomic E-state index is 12.5. The van der Waals surface area contributed by atoms with Crippen LogP contribution in [0.25, 0.3) is 0 Å². The van der Waals surface area contributed by atoms with E-state index >= 15 is 0 Å². The molecule has 0 saturated carbocycles. The van der Waals surface area contributed by atoms with Crippen LogP contribution in [0.15, 0.2) is 66.4 Å². The van der Waals surface area contributed by atoms with Crippen LogP contribution >= 0.6 is 0 Å². The highest BCUT2D eigenvalue weighted by Gasteiger charge is 2.55. The zero-order chi connectivity index (χ0) is 19.7. The first-order valence-corrected chi connectivity index (χ1v) is 8.56. The smallest absolute Gasteiger partial charge is 0.412 e. The highest BCUT2D eigenvalue weighted by Crippen LogP contribution is 2.36. The fraction of sp³-hybridized carbons (Fsp3) is 0.150. The van der Waals surface area contributed by atoms with Gasteiger partial charge in [0, 0.05) is 11.8 Å². The van der Waals surface area contributed by atoms with Gasteiger partial charge in [-0.15, -0.1) is 0 Å². The molecule has 4 rings (SSSR count). The number of ketones is 1. The van der Waals surface area contributed by atoms with Crippen molar-refractivity contribution in [1.29, 1.82) is 0 Å². The van der Waals surface area contributed by atoms with Crippen LogP contribution < -0.4 is 10.6 Å². The number of fused-ring (bicyclic) bond motifs is 1. The number of nitrogens with one attached hydrogen (secondary N) is 2. The number of amides is 2. The minimum Gasteiger partial charge on any atom is -0.507 e. The Morgan fingerprint density at radius 1 is 1.00 bits per heavy atom. The van der Waals surface area contributed by atoms with Crippen LogP contribution in [-0.4, -0.2) is 41.2 Å². The first kappa shape index (κ1) is 17.7. The third-order valence-electron chi connectivity index (χ3n) is 4.37. The zero-order valence-electron chi connectivity index (χ0n) is 14.5. The van der Waals surface area contributed by atoms with Crippen LogP contribution in [0.3, 0.4) is 0 Å². The van der Waals surface area contributed by atoms with Crippen molar-refractivity contribution < 1.29 is 29.0 Å². The molecule has 0 radical (unpaired) electrons. The maximum absolute atomic E-state index is 12.5. The Balaban J connectivity index is 1.50. The van der Waals surface area contributed by atoms with Gasteiger partial charge in [-0.1, -0.05) is 30.3 Å². The number of hydrogen-bond donors (Lipinski definition) is 3. The van der Waals surface area contributed by atoms with E-state index in [-0.39, 0.29) is 22.8 Å². The van der Waals surface area contributed by atoms with Crippen molar-refractivity contribution in [2.75, 3.05) is 5.32 Å². The lowest BCUT2D eigenvalue weighted by atomic mass is 10.00. The summed E-state index contributed by atoms with van der Waals surface area (Å²) in [4.78, 5) is 36.7. The number of carbonyl (C=O) groups is 3. The van der Waals surface area contributed by atoms with Crippen molar-refractivity contribution in [1.82, 2.24) is 5.32 Å². The van der Waals surface area contributed by atoms with E-state index in [1.54, 1.807) is 42.5 Å². The molecule has 1 aliphatic carbocycles. The molecule has 0 spiro atoms. The highest BCUT2D eigenvalue weighted by atomic mass is 16.6. The molecular weight excluding hydrogens is 364 g/mol. The zero-order valence-corrected chi connectivity index (χ0v) is 14.5. The number of hydrogen-bond acceptors (Lipinski definition) is 6. The van der Waals surface area contributed by atoms with Crippen LogP contribution in [0, 0.1) is 0 Å². The monoisotopic (exact) mass is 380 g/mol. The molecule has 142 valence electrons. The molecule has 1 fully saturated rings. The molecule has 28 heavy (non-hydrogen) atoms. The number of benzene rings is 2. The summed E-state index contributed by atoms with van der Waals surface area (Å²) in [5.74, 6) is -1.16. The average Bonchev–Trinajstić information content (AvgIpc) is 3.47. The SMILES string of the molecule is O=C(Nc1ccccc1)OC1C(NC(=O)c2ccccc2O)=CC(=O)C2OC21. The normalized spacial score (nSPS) is 22.5. The third-order valence-corrected chi connectivity index (χ3v) is 4.37. The number of phenols is 1. The highest BCUT2D eigenvalue weighted by molar-refractivity contribution is 6.02. The molecule has 3 N–H and O–H groups in total. The van der Waals surface area contributed by atoms with Gasteiger partial charge < -0.3 is 19.9 Å². The molecule has 1 heterocycles. The number of rotatable bonds is 4. The fourth-order valence-electron chi connectivity index (χ4n) is 2.96. The minimum absolute atomic E-state index is 0.0298. The van der Waals surface area contributed by atoms with Crippen molar-refractivity contribution in [2.45, 2.75) is 18.3 Å². The van der Waals surface area contributed by atoms with Crippen LogP contribution in [0.5, 0.6) is 5.75 Å². The number of para-hydroxylation sites is 2. The Bertz CT molecular complexity index is 972. The summed E-state index contributed by atoms with van der Waals surface area (Å²) in [6.07, 6.45) is -1.85. The van der Waals surface area contributed by atoms with Gasteiger partial charge in [-0.3, -0.25) is 14.9 Å². The maximum Gasteiger partial charge on any atom is 0.412 e. The van der Waals surface area contributed by atoms with Gasteiger partial charge in [-0.05, 0) is 24.3 Å². The molecule has 8 heteroatoms. The van der Waals surface area contributed by atoms with Crippen LogP contribution in [-0.2, 0) is 14.3 Å². The van der Waals surface area contributed by atoms with Crippen molar-refractivity contribution in [3.05, 3.63) is 71.9 Å². The Hall–Kier alpha value is -3.65. The Labute approximate surface area is 159 Å². The van der Waals surface area contributed by atoms with Gasteiger partial charge in [0.25, 0.3) is 5.91 Å². The van der Waals surface area contributed by atoms with Crippen molar-refractivity contribution in [3.63, 3.8) is 0 Å². The number of anilines is 1. The van der Waals surface area contributed by atoms with Gasteiger partial charge in [0.15, 0.2) is 18.0 Å². The first-order chi connectivity index (χ1) is 13.5. The average molecular weight is 380 g/mol. The molecule has 0 aromatic heterocycles. The quantitative estimate of drug-likeness (QED) is 0.698. The number of aromatic hydroxyl groups is 1. The number of phenolic OH excluding ortho intramolecular Hbond substituents is 1. The second kappa shape index (κ2) is 7.16. The van der Waals surface area contributed by atoms with Crippen molar-refractivity contribution in [3.8, 4) is 5.75 Å². The first-order valence-electron chi connectivity index (χ1n) is 8.56. The lowest BCUT2D eigenvalue weighted by Gasteiger charge is -2.22. The summed E-state index contributed by atoms with van der Waals surface area (Å²) in [5.41, 5.74) is 0.666. The molecule has 1 saturated heterocycles. The second-order valence-electron chi connectivity index (χ2n) is 6.31. The van der Waals surface area contributed by atoms with E-state index in [4.69, 9.17) is 9.47 Å². The topological polar surface area (TPSA) is 117 Å². The molecule has 0 bridgehead atoms. The van der Waals surface area contributed by atoms with Gasteiger partial charge in [-0.2, -0.15) is 0 Å². The van der Waals surface area contributed by atoms with Gasteiger partial charge in [-0.25, -0.2) is 4.79 Å². The molecule has 1 aliphatic heterocycles. The van der Waals surface area contributed by atoms with Crippen LogP contribution in [0.4, 0.5) is 10.5 Å². The summed E-state index contributed by atoms with van der Waals surface area (Å²) in [6.45, 7) is 0. The van der Waals surface area contributed by atoms with E-state index in [0.717, 1.165) is 0 Å². The summed E-state index contributed by atoms with van der Waals surface area (Å²) < 4.78 is 10.7. The Morgan fingerprint density at radius 3 is 2.46 bits per heavy atom. The molecule has 2 aromatic carbocycles. The number of carbonyl (C=O) groups excluding carboxylic acids is 3. The Morgan fingerprint density at radius 2 is 1.71 bits per heavy atom. The fourth-order valence-corrected chi connectivity index (χ4v) is 2.96. The summed E-state index contributed by atoms with van der Waals surface area (Å²) in [5, 5.41) is 14.9. The molecule has 8 nitrogen and oxygen atoms in total. The molecule has 2 amide bonds. The van der Waals surface area contributed by atoms with Gasteiger partial charge in [0.2, 0.25) is 0 Å². The van der Waals surface area contributed by atoms with Crippen molar-refractivity contribution >= 4 is 23.5 Å². The number of epoxide rings is 1. The van der Waals surface area contributed by atoms with Crippen LogP contribution in [0.1, 0.15) is 10.4 Å². The molecule has 3 unspecified atom stereocenters. The lowest BCUT2D eigenvalue weighted by molar-refractivity contribution is -0.116. The van der Waals surface area contributed by atoms with Gasteiger partial charge in [0.05, 0.1) is 11.3 Å². The standard InChI is InChI=1S/C20H16N2O6/c23-14-9-5-4-8-12(14)19(25)22-13-10-15(24)17-18(27-17)16(13)28-20(26)21-11-6-2-1-3-7-11/h1-10,16-18,23H,(H,21,26)(H,22,25). The molecule has 2 aromatic rings. The summed E-state index contributed by atoms with van der Waals surface area (Å²) >= 11 is 0. The van der Waals surface area contributed by atoms with E-state index in [1.165, 1.54) is 18.2 Å². The molecule has 3 atom stereocenters. The summed E-state index contributed by atoms with van der Waals surface area (Å²) in [6, 6.07) is 14.7. The van der Waals surface area contributed by atoms with Gasteiger partial charge in [0.1, 0.15) is 11.9 Å². The predicted molar refractivity (Wildman–Crippen MR) is 97.7 cm³/mol. The summed E-state index contributed by atoms with van der Waals surface area (Å²) in [7, 11) is 0. The van der Waals surface area contributed by atoms with E-state index in [1.807, 2.05) is 0 Å². The van der Waals surface area contributed by atoms with Crippen molar-refractivity contribution in [2.24, 2.45) is 0 Å². The van der Waals surface area contributed by atoms with Crippen LogP contribution in [0.2, 0.25) is 0 Å². The predicted octanol–water partition coefficient (Wildman–Crippen LogP) is 1.97.